The van der Waals surface area contributed by atoms with E-state index in [0.29, 0.717) is 12.1 Å². The Bertz CT molecular complexity index is 623. The summed E-state index contributed by atoms with van der Waals surface area (Å²) in [5.74, 6) is 0.819. The fourth-order valence-corrected chi connectivity index (χ4v) is 2.14. The number of nitro groups is 1. The van der Waals surface area contributed by atoms with Crippen molar-refractivity contribution in [2.45, 2.75) is 26.4 Å². The van der Waals surface area contributed by atoms with Gasteiger partial charge in [0.1, 0.15) is 12.2 Å². The van der Waals surface area contributed by atoms with Crippen molar-refractivity contribution in [1.82, 2.24) is 20.1 Å². The van der Waals surface area contributed by atoms with Crippen molar-refractivity contribution in [3.63, 3.8) is 0 Å². The number of aromatic nitrogens is 3. The van der Waals surface area contributed by atoms with Crippen LogP contribution < -0.4 is 5.32 Å². The van der Waals surface area contributed by atoms with Crippen molar-refractivity contribution >= 4 is 5.69 Å². The molecule has 0 aliphatic rings. The first kappa shape index (κ1) is 14.1. The Kier molecular flexibility index (Phi) is 4.09. The highest BCUT2D eigenvalue weighted by molar-refractivity contribution is 5.45. The van der Waals surface area contributed by atoms with Crippen molar-refractivity contribution in [3.05, 3.63) is 51.6 Å². The summed E-state index contributed by atoms with van der Waals surface area (Å²) >= 11 is 0. The predicted molar refractivity (Wildman–Crippen MR) is 74.1 cm³/mol. The molecule has 106 valence electrons. The maximum atomic E-state index is 10.9. The van der Waals surface area contributed by atoms with Gasteiger partial charge in [0.15, 0.2) is 0 Å². The second kappa shape index (κ2) is 5.79. The van der Waals surface area contributed by atoms with Crippen LogP contribution in [0.3, 0.4) is 0 Å². The number of hydrogen-bond donors (Lipinski definition) is 1. The Hall–Kier alpha value is -2.28. The van der Waals surface area contributed by atoms with Gasteiger partial charge in [-0.25, -0.2) is 4.98 Å². The van der Waals surface area contributed by atoms with Gasteiger partial charge in [-0.2, -0.15) is 5.10 Å². The molecule has 1 aromatic heterocycles. The molecule has 1 unspecified atom stereocenters. The number of hydrogen-bond acceptors (Lipinski definition) is 5. The number of benzene rings is 1. The highest BCUT2D eigenvalue weighted by atomic mass is 16.6. The van der Waals surface area contributed by atoms with E-state index in [1.165, 1.54) is 12.4 Å². The molecule has 0 spiro atoms. The molecule has 0 amide bonds. The van der Waals surface area contributed by atoms with Gasteiger partial charge in [0.05, 0.1) is 11.5 Å². The van der Waals surface area contributed by atoms with Crippen LogP contribution in [0.4, 0.5) is 5.69 Å². The average Bonchev–Trinajstić information content (AvgIpc) is 2.81. The number of nitrogens with one attached hydrogen (secondary N) is 1. The third-order valence-corrected chi connectivity index (χ3v) is 3.38. The summed E-state index contributed by atoms with van der Waals surface area (Å²) in [6.07, 6.45) is 1.50. The van der Waals surface area contributed by atoms with Crippen LogP contribution >= 0.6 is 0 Å². The molecule has 20 heavy (non-hydrogen) atoms. The molecule has 0 aliphatic carbocycles. The molecule has 1 N–H and O–H groups in total. The summed E-state index contributed by atoms with van der Waals surface area (Å²) in [5, 5.41) is 18.3. The van der Waals surface area contributed by atoms with Crippen molar-refractivity contribution in [3.8, 4) is 0 Å². The van der Waals surface area contributed by atoms with Gasteiger partial charge in [-0.1, -0.05) is 12.1 Å². The first-order chi connectivity index (χ1) is 9.50. The van der Waals surface area contributed by atoms with E-state index in [4.69, 9.17) is 0 Å². The van der Waals surface area contributed by atoms with E-state index in [1.54, 1.807) is 17.7 Å². The van der Waals surface area contributed by atoms with E-state index in [-0.39, 0.29) is 16.7 Å². The monoisotopic (exact) mass is 275 g/mol. The van der Waals surface area contributed by atoms with Crippen LogP contribution in [0.1, 0.15) is 29.9 Å². The van der Waals surface area contributed by atoms with E-state index >= 15 is 0 Å². The molecule has 0 saturated heterocycles. The van der Waals surface area contributed by atoms with Crippen LogP contribution in [0.25, 0.3) is 0 Å². The van der Waals surface area contributed by atoms with Crippen LogP contribution in [0, 0.1) is 17.0 Å². The lowest BCUT2D eigenvalue weighted by Crippen LogP contribution is -2.21. The van der Waals surface area contributed by atoms with Crippen molar-refractivity contribution in [1.29, 1.82) is 0 Å². The average molecular weight is 275 g/mol. The van der Waals surface area contributed by atoms with Crippen LogP contribution in [-0.4, -0.2) is 19.7 Å². The van der Waals surface area contributed by atoms with Crippen LogP contribution in [0.5, 0.6) is 0 Å². The second-order valence-corrected chi connectivity index (χ2v) is 4.65. The zero-order chi connectivity index (χ0) is 14.7. The molecule has 0 saturated carbocycles. The number of aryl methyl sites for hydroxylation is 1. The molecule has 2 rings (SSSR count). The lowest BCUT2D eigenvalue weighted by Gasteiger charge is -2.16. The highest BCUT2D eigenvalue weighted by Gasteiger charge is 2.17. The SMILES string of the molecule is Cc1c(C(C)NCc2ncnn2C)cccc1[N+](=O)[O-]. The summed E-state index contributed by atoms with van der Waals surface area (Å²) in [7, 11) is 1.83. The lowest BCUT2D eigenvalue weighted by molar-refractivity contribution is -0.385. The van der Waals surface area contributed by atoms with Crippen LogP contribution in [-0.2, 0) is 13.6 Å². The molecule has 1 atom stereocenters. The topological polar surface area (TPSA) is 85.9 Å². The van der Waals surface area contributed by atoms with Gasteiger partial charge in [0.25, 0.3) is 5.69 Å². The normalized spacial score (nSPS) is 12.3. The first-order valence-electron chi connectivity index (χ1n) is 6.31. The van der Waals surface area contributed by atoms with Crippen molar-refractivity contribution < 1.29 is 4.92 Å². The van der Waals surface area contributed by atoms with E-state index in [2.05, 4.69) is 15.4 Å². The van der Waals surface area contributed by atoms with Crippen LogP contribution in [0.2, 0.25) is 0 Å². The Morgan fingerprint density at radius 3 is 2.85 bits per heavy atom. The Morgan fingerprint density at radius 2 is 2.25 bits per heavy atom. The standard InChI is InChI=1S/C13H17N5O2/c1-9-11(5-4-6-12(9)18(19)20)10(2)14-7-13-15-8-16-17(13)3/h4-6,8,10,14H,7H2,1-3H3. The molecule has 7 heteroatoms. The third kappa shape index (κ3) is 2.83. The van der Waals surface area contributed by atoms with Gasteiger partial charge in [0.2, 0.25) is 0 Å². The summed E-state index contributed by atoms with van der Waals surface area (Å²) in [6.45, 7) is 4.30. The van der Waals surface area contributed by atoms with E-state index < -0.39 is 0 Å². The zero-order valence-electron chi connectivity index (χ0n) is 11.7. The summed E-state index contributed by atoms with van der Waals surface area (Å²) in [4.78, 5) is 14.7. The third-order valence-electron chi connectivity index (χ3n) is 3.38. The van der Waals surface area contributed by atoms with Gasteiger partial charge in [-0.15, -0.1) is 0 Å². The largest absolute Gasteiger partial charge is 0.303 e. The molecule has 7 nitrogen and oxygen atoms in total. The van der Waals surface area contributed by atoms with E-state index in [1.807, 2.05) is 20.0 Å². The minimum absolute atomic E-state index is 0.00778. The second-order valence-electron chi connectivity index (χ2n) is 4.65. The van der Waals surface area contributed by atoms with Gasteiger partial charge in [0, 0.05) is 24.7 Å². The van der Waals surface area contributed by atoms with Crippen LogP contribution in [0.15, 0.2) is 24.5 Å². The van der Waals surface area contributed by atoms with E-state index in [9.17, 15) is 10.1 Å². The molecule has 0 radical (unpaired) electrons. The van der Waals surface area contributed by atoms with Crippen molar-refractivity contribution in [2.75, 3.05) is 0 Å². The highest BCUT2D eigenvalue weighted by Crippen LogP contribution is 2.25. The first-order valence-corrected chi connectivity index (χ1v) is 6.31. The zero-order valence-corrected chi connectivity index (χ0v) is 11.7. The van der Waals surface area contributed by atoms with Gasteiger partial charge >= 0.3 is 0 Å². The molecule has 0 fully saturated rings. The minimum atomic E-state index is -0.353. The number of nitro benzene ring substituents is 1. The molecular formula is C13H17N5O2. The summed E-state index contributed by atoms with van der Waals surface area (Å²) in [6, 6.07) is 5.12. The van der Waals surface area contributed by atoms with E-state index in [0.717, 1.165) is 11.4 Å². The Labute approximate surface area is 116 Å². The Balaban J connectivity index is 2.13. The Morgan fingerprint density at radius 1 is 1.50 bits per heavy atom. The quantitative estimate of drug-likeness (QED) is 0.665. The fraction of sp³-hybridized carbons (Fsp3) is 0.385. The molecule has 1 heterocycles. The minimum Gasteiger partial charge on any atom is -0.303 e. The predicted octanol–water partition coefficient (Wildman–Crippen LogP) is 1.88. The maximum absolute atomic E-state index is 10.9. The summed E-state index contributed by atoms with van der Waals surface area (Å²) in [5.41, 5.74) is 1.76. The lowest BCUT2D eigenvalue weighted by atomic mass is 10.0. The molecule has 2 aromatic rings. The maximum Gasteiger partial charge on any atom is 0.272 e. The van der Waals surface area contributed by atoms with Gasteiger partial charge < -0.3 is 5.32 Å². The molecule has 0 aliphatic heterocycles. The summed E-state index contributed by atoms with van der Waals surface area (Å²) < 4.78 is 1.69. The molecular weight excluding hydrogens is 258 g/mol. The van der Waals surface area contributed by atoms with Gasteiger partial charge in [-0.05, 0) is 19.4 Å². The smallest absolute Gasteiger partial charge is 0.272 e. The van der Waals surface area contributed by atoms with Crippen molar-refractivity contribution in [2.24, 2.45) is 7.05 Å². The number of nitrogens with zero attached hydrogens (tertiary/aromatic N) is 4. The fourth-order valence-electron chi connectivity index (χ4n) is 2.14. The number of rotatable bonds is 5. The molecule has 0 bridgehead atoms. The van der Waals surface area contributed by atoms with Gasteiger partial charge in [-0.3, -0.25) is 14.8 Å². The molecule has 1 aromatic carbocycles.